The molecule has 0 radical (unpaired) electrons. The SMILES string of the molecule is CCOc1cccc(-c2ccc(CN3CCc4nc(-c5ccccc5)ncc4C3)cn2)c1. The van der Waals surface area contributed by atoms with Gasteiger partial charge < -0.3 is 4.74 Å². The van der Waals surface area contributed by atoms with E-state index in [2.05, 4.69) is 40.2 Å². The summed E-state index contributed by atoms with van der Waals surface area (Å²) in [4.78, 5) is 16.6. The predicted octanol–water partition coefficient (Wildman–Crippen LogP) is 5.16. The Balaban J connectivity index is 1.25. The van der Waals surface area contributed by atoms with E-state index in [-0.39, 0.29) is 0 Å². The molecule has 5 nitrogen and oxygen atoms in total. The molecule has 3 heterocycles. The smallest absolute Gasteiger partial charge is 0.159 e. The molecule has 1 aliphatic rings. The van der Waals surface area contributed by atoms with E-state index >= 15 is 0 Å². The van der Waals surface area contributed by atoms with Crippen molar-refractivity contribution >= 4 is 0 Å². The number of benzene rings is 2. The number of aromatic nitrogens is 3. The van der Waals surface area contributed by atoms with Crippen molar-refractivity contribution in [2.75, 3.05) is 13.2 Å². The minimum atomic E-state index is 0.660. The number of pyridine rings is 1. The summed E-state index contributed by atoms with van der Waals surface area (Å²) >= 11 is 0. The van der Waals surface area contributed by atoms with Gasteiger partial charge in [-0.2, -0.15) is 0 Å². The molecule has 0 amide bonds. The zero-order valence-corrected chi connectivity index (χ0v) is 18.2. The predicted molar refractivity (Wildman–Crippen MR) is 126 cm³/mol. The van der Waals surface area contributed by atoms with Crippen molar-refractivity contribution < 1.29 is 4.74 Å². The summed E-state index contributed by atoms with van der Waals surface area (Å²) in [7, 11) is 0. The highest BCUT2D eigenvalue weighted by Crippen LogP contribution is 2.24. The first kappa shape index (κ1) is 20.3. The van der Waals surface area contributed by atoms with Gasteiger partial charge in [0, 0.05) is 55.1 Å². The molecule has 2 aromatic carbocycles. The summed E-state index contributed by atoms with van der Waals surface area (Å²) in [6.45, 7) is 5.37. The Labute approximate surface area is 188 Å². The molecule has 2 aromatic heterocycles. The first-order valence-electron chi connectivity index (χ1n) is 11.1. The number of ether oxygens (including phenoxy) is 1. The Hall–Kier alpha value is -3.57. The fourth-order valence-corrected chi connectivity index (χ4v) is 4.09. The molecule has 5 rings (SSSR count). The summed E-state index contributed by atoms with van der Waals surface area (Å²) in [6.07, 6.45) is 4.91. The largest absolute Gasteiger partial charge is 0.494 e. The fraction of sp³-hybridized carbons (Fsp3) is 0.222. The van der Waals surface area contributed by atoms with E-state index in [1.165, 1.54) is 11.1 Å². The zero-order valence-electron chi connectivity index (χ0n) is 18.2. The monoisotopic (exact) mass is 422 g/mol. The van der Waals surface area contributed by atoms with Gasteiger partial charge in [0.2, 0.25) is 0 Å². The lowest BCUT2D eigenvalue weighted by Crippen LogP contribution is -2.31. The molecular weight excluding hydrogens is 396 g/mol. The van der Waals surface area contributed by atoms with Crippen molar-refractivity contribution in [3.05, 3.63) is 95.9 Å². The second-order valence-corrected chi connectivity index (χ2v) is 8.00. The lowest BCUT2D eigenvalue weighted by Gasteiger charge is -2.28. The quantitative estimate of drug-likeness (QED) is 0.429. The minimum absolute atomic E-state index is 0.660. The first-order valence-corrected chi connectivity index (χ1v) is 11.1. The third-order valence-electron chi connectivity index (χ3n) is 5.72. The van der Waals surface area contributed by atoms with Gasteiger partial charge in [0.25, 0.3) is 0 Å². The van der Waals surface area contributed by atoms with Crippen molar-refractivity contribution in [3.63, 3.8) is 0 Å². The number of nitrogens with zero attached hydrogens (tertiary/aromatic N) is 4. The van der Waals surface area contributed by atoms with Crippen LogP contribution < -0.4 is 4.74 Å². The van der Waals surface area contributed by atoms with Crippen LogP contribution in [0.2, 0.25) is 0 Å². The molecule has 0 fully saturated rings. The van der Waals surface area contributed by atoms with Crippen molar-refractivity contribution in [1.82, 2.24) is 19.9 Å². The van der Waals surface area contributed by atoms with Crippen molar-refractivity contribution in [2.45, 2.75) is 26.4 Å². The summed E-state index contributed by atoms with van der Waals surface area (Å²) in [6, 6.07) is 22.5. The lowest BCUT2D eigenvalue weighted by molar-refractivity contribution is 0.242. The van der Waals surface area contributed by atoms with Gasteiger partial charge in [0.05, 0.1) is 18.0 Å². The molecule has 0 aliphatic carbocycles. The molecule has 0 bridgehead atoms. The van der Waals surface area contributed by atoms with Crippen LogP contribution in [-0.4, -0.2) is 33.0 Å². The molecule has 0 atom stereocenters. The van der Waals surface area contributed by atoms with Crippen molar-refractivity contribution in [1.29, 1.82) is 0 Å². The first-order chi connectivity index (χ1) is 15.8. The number of hydrogen-bond acceptors (Lipinski definition) is 5. The van der Waals surface area contributed by atoms with E-state index in [4.69, 9.17) is 14.7 Å². The van der Waals surface area contributed by atoms with Crippen molar-refractivity contribution in [3.8, 4) is 28.4 Å². The van der Waals surface area contributed by atoms with Gasteiger partial charge >= 0.3 is 0 Å². The van der Waals surface area contributed by atoms with E-state index in [0.29, 0.717) is 6.61 Å². The summed E-state index contributed by atoms with van der Waals surface area (Å²) < 4.78 is 5.61. The van der Waals surface area contributed by atoms with Gasteiger partial charge in [0.1, 0.15) is 5.75 Å². The van der Waals surface area contributed by atoms with Crippen LogP contribution in [0.15, 0.2) is 79.1 Å². The van der Waals surface area contributed by atoms with Crippen LogP contribution in [-0.2, 0) is 19.5 Å². The van der Waals surface area contributed by atoms with Crippen LogP contribution in [0.5, 0.6) is 5.75 Å². The average molecular weight is 423 g/mol. The van der Waals surface area contributed by atoms with E-state index in [1.54, 1.807) is 0 Å². The molecule has 32 heavy (non-hydrogen) atoms. The number of hydrogen-bond donors (Lipinski definition) is 0. The Morgan fingerprint density at radius 3 is 2.59 bits per heavy atom. The van der Waals surface area contributed by atoms with Crippen LogP contribution in [0.1, 0.15) is 23.7 Å². The van der Waals surface area contributed by atoms with Crippen LogP contribution in [0.3, 0.4) is 0 Å². The van der Waals surface area contributed by atoms with Crippen LogP contribution >= 0.6 is 0 Å². The van der Waals surface area contributed by atoms with Crippen LogP contribution in [0.25, 0.3) is 22.6 Å². The molecule has 1 aliphatic heterocycles. The fourth-order valence-electron chi connectivity index (χ4n) is 4.09. The molecule has 4 aromatic rings. The minimum Gasteiger partial charge on any atom is -0.494 e. The normalized spacial score (nSPS) is 13.5. The van der Waals surface area contributed by atoms with Gasteiger partial charge in [-0.3, -0.25) is 9.88 Å². The topological polar surface area (TPSA) is 51.1 Å². The summed E-state index contributed by atoms with van der Waals surface area (Å²) in [5.74, 6) is 1.69. The van der Waals surface area contributed by atoms with Crippen molar-refractivity contribution in [2.24, 2.45) is 0 Å². The Kier molecular flexibility index (Phi) is 5.90. The molecule has 0 saturated heterocycles. The molecular formula is C27H26N4O. The maximum atomic E-state index is 5.61. The molecule has 0 unspecified atom stereocenters. The molecule has 0 N–H and O–H groups in total. The van der Waals surface area contributed by atoms with Gasteiger partial charge in [0.15, 0.2) is 5.82 Å². The van der Waals surface area contributed by atoms with Crippen LogP contribution in [0, 0.1) is 0 Å². The van der Waals surface area contributed by atoms with Crippen LogP contribution in [0.4, 0.5) is 0 Å². The highest BCUT2D eigenvalue weighted by Gasteiger charge is 2.19. The zero-order chi connectivity index (χ0) is 21.8. The Morgan fingerprint density at radius 1 is 0.906 bits per heavy atom. The van der Waals surface area contributed by atoms with E-state index in [9.17, 15) is 0 Å². The Bertz CT molecular complexity index is 1190. The van der Waals surface area contributed by atoms with E-state index in [1.807, 2.05) is 55.7 Å². The number of fused-ring (bicyclic) bond motifs is 1. The van der Waals surface area contributed by atoms with E-state index in [0.717, 1.165) is 60.1 Å². The van der Waals surface area contributed by atoms with Gasteiger partial charge in [-0.15, -0.1) is 0 Å². The molecule has 160 valence electrons. The van der Waals surface area contributed by atoms with Gasteiger partial charge in [-0.05, 0) is 30.7 Å². The third-order valence-corrected chi connectivity index (χ3v) is 5.72. The molecule has 5 heteroatoms. The summed E-state index contributed by atoms with van der Waals surface area (Å²) in [5.41, 5.74) is 6.68. The molecule has 0 saturated carbocycles. The second-order valence-electron chi connectivity index (χ2n) is 8.00. The van der Waals surface area contributed by atoms with Gasteiger partial charge in [-0.1, -0.05) is 48.5 Å². The highest BCUT2D eigenvalue weighted by atomic mass is 16.5. The number of rotatable bonds is 6. The molecule has 0 spiro atoms. The highest BCUT2D eigenvalue weighted by molar-refractivity contribution is 5.61. The lowest BCUT2D eigenvalue weighted by atomic mass is 10.1. The van der Waals surface area contributed by atoms with E-state index < -0.39 is 0 Å². The van der Waals surface area contributed by atoms with Gasteiger partial charge in [-0.25, -0.2) is 9.97 Å². The second kappa shape index (κ2) is 9.28. The maximum Gasteiger partial charge on any atom is 0.159 e. The standard InChI is InChI=1S/C27H26N4O/c1-2-32-24-10-6-9-22(15-24)25-12-11-20(16-28-25)18-31-14-13-26-23(19-31)17-29-27(30-26)21-7-4-3-5-8-21/h3-12,15-17H,2,13-14,18-19H2,1H3. The summed E-state index contributed by atoms with van der Waals surface area (Å²) in [5, 5.41) is 0. The third kappa shape index (κ3) is 4.53. The Morgan fingerprint density at radius 2 is 1.78 bits per heavy atom. The maximum absolute atomic E-state index is 5.61. The average Bonchev–Trinajstić information content (AvgIpc) is 2.85.